The van der Waals surface area contributed by atoms with Crippen LogP contribution in [0.2, 0.25) is 0 Å². The van der Waals surface area contributed by atoms with Gasteiger partial charge in [0.1, 0.15) is 0 Å². The third kappa shape index (κ3) is 3.93. The maximum atomic E-state index is 12.7. The molecule has 0 radical (unpaired) electrons. The van der Waals surface area contributed by atoms with Gasteiger partial charge in [-0.3, -0.25) is 4.79 Å². The molecule has 0 aromatic heterocycles. The second-order valence-corrected chi connectivity index (χ2v) is 6.07. The van der Waals surface area contributed by atoms with E-state index >= 15 is 0 Å². The number of hydrogen-bond acceptors (Lipinski definition) is 3. The molecule has 1 amide bonds. The van der Waals surface area contributed by atoms with Gasteiger partial charge in [-0.05, 0) is 19.8 Å². The van der Waals surface area contributed by atoms with Crippen LogP contribution in [-0.4, -0.2) is 42.6 Å². The van der Waals surface area contributed by atoms with E-state index in [4.69, 9.17) is 10.5 Å². The molecule has 19 heavy (non-hydrogen) atoms. The third-order valence-electron chi connectivity index (χ3n) is 4.51. The molecule has 1 saturated carbocycles. The maximum absolute atomic E-state index is 12.7. The molecule has 1 aliphatic carbocycles. The lowest BCUT2D eigenvalue weighted by Gasteiger charge is -2.39. The fourth-order valence-electron chi connectivity index (χ4n) is 3.20. The van der Waals surface area contributed by atoms with Gasteiger partial charge in [0.2, 0.25) is 5.91 Å². The first kappa shape index (κ1) is 14.8. The Balaban J connectivity index is 1.95. The Kier molecular flexibility index (Phi) is 5.64. The number of carbonyl (C=O) groups excluding carboxylic acids is 1. The van der Waals surface area contributed by atoms with Gasteiger partial charge in [0.15, 0.2) is 0 Å². The normalized spacial score (nSPS) is 30.7. The molecule has 4 heteroatoms. The highest BCUT2D eigenvalue weighted by molar-refractivity contribution is 5.79. The largest absolute Gasteiger partial charge is 0.373 e. The lowest BCUT2D eigenvalue weighted by atomic mass is 9.89. The molecule has 0 aromatic carbocycles. The van der Waals surface area contributed by atoms with E-state index in [9.17, 15) is 4.79 Å². The van der Waals surface area contributed by atoms with E-state index < -0.39 is 0 Å². The van der Waals surface area contributed by atoms with Crippen molar-refractivity contribution in [2.75, 3.05) is 19.7 Å². The number of morpholine rings is 1. The summed E-state index contributed by atoms with van der Waals surface area (Å²) >= 11 is 0. The third-order valence-corrected chi connectivity index (χ3v) is 4.51. The standard InChI is InChI=1S/C15H28N2O2/c1-12-11-19-14(9-16)10-17(12)15(18)13-7-5-3-2-4-6-8-13/h12-14H,2-11,16H2,1H3. The van der Waals surface area contributed by atoms with Crippen molar-refractivity contribution >= 4 is 5.91 Å². The van der Waals surface area contributed by atoms with Crippen LogP contribution < -0.4 is 5.73 Å². The van der Waals surface area contributed by atoms with E-state index in [2.05, 4.69) is 6.92 Å². The molecule has 1 saturated heterocycles. The number of hydrogen-bond donors (Lipinski definition) is 1. The monoisotopic (exact) mass is 268 g/mol. The van der Waals surface area contributed by atoms with Crippen LogP contribution in [0.3, 0.4) is 0 Å². The molecule has 4 nitrogen and oxygen atoms in total. The SMILES string of the molecule is CC1COC(CN)CN1C(=O)C1CCCCCCC1. The van der Waals surface area contributed by atoms with E-state index in [1.54, 1.807) is 0 Å². The second kappa shape index (κ2) is 7.25. The molecule has 2 N–H and O–H groups in total. The average Bonchev–Trinajstić information content (AvgIpc) is 2.38. The highest BCUT2D eigenvalue weighted by Gasteiger charge is 2.32. The molecule has 2 aliphatic rings. The van der Waals surface area contributed by atoms with Crippen LogP contribution in [0.4, 0.5) is 0 Å². The van der Waals surface area contributed by atoms with Crippen molar-refractivity contribution in [3.8, 4) is 0 Å². The smallest absolute Gasteiger partial charge is 0.226 e. The Labute approximate surface area is 116 Å². The first-order chi connectivity index (χ1) is 9.22. The summed E-state index contributed by atoms with van der Waals surface area (Å²) in [4.78, 5) is 14.7. The van der Waals surface area contributed by atoms with E-state index in [0.717, 1.165) is 12.8 Å². The van der Waals surface area contributed by atoms with Crippen LogP contribution in [0.1, 0.15) is 51.9 Å². The topological polar surface area (TPSA) is 55.6 Å². The van der Waals surface area contributed by atoms with Gasteiger partial charge in [0.25, 0.3) is 0 Å². The fraction of sp³-hybridized carbons (Fsp3) is 0.933. The zero-order valence-corrected chi connectivity index (χ0v) is 12.1. The van der Waals surface area contributed by atoms with E-state index in [1.807, 2.05) is 4.90 Å². The van der Waals surface area contributed by atoms with E-state index in [-0.39, 0.29) is 18.1 Å². The van der Waals surface area contributed by atoms with Gasteiger partial charge >= 0.3 is 0 Å². The van der Waals surface area contributed by atoms with Gasteiger partial charge in [0, 0.05) is 19.0 Å². The number of nitrogens with two attached hydrogens (primary N) is 1. The van der Waals surface area contributed by atoms with Crippen molar-refractivity contribution in [2.24, 2.45) is 11.7 Å². The number of nitrogens with zero attached hydrogens (tertiary/aromatic N) is 1. The number of ether oxygens (including phenoxy) is 1. The Morgan fingerprint density at radius 2 is 1.84 bits per heavy atom. The Hall–Kier alpha value is -0.610. The first-order valence-corrected chi connectivity index (χ1v) is 7.84. The second-order valence-electron chi connectivity index (χ2n) is 6.07. The molecular formula is C15H28N2O2. The number of carbonyl (C=O) groups is 1. The summed E-state index contributed by atoms with van der Waals surface area (Å²) < 4.78 is 5.63. The summed E-state index contributed by atoms with van der Waals surface area (Å²) in [5.41, 5.74) is 5.67. The van der Waals surface area contributed by atoms with Crippen LogP contribution >= 0.6 is 0 Å². The maximum Gasteiger partial charge on any atom is 0.226 e. The quantitative estimate of drug-likeness (QED) is 0.832. The van der Waals surface area contributed by atoms with E-state index in [0.29, 0.717) is 25.6 Å². The van der Waals surface area contributed by atoms with Gasteiger partial charge in [-0.1, -0.05) is 32.1 Å². The van der Waals surface area contributed by atoms with Crippen molar-refractivity contribution in [2.45, 2.75) is 64.0 Å². The molecule has 0 aromatic rings. The summed E-state index contributed by atoms with van der Waals surface area (Å²) in [7, 11) is 0. The lowest BCUT2D eigenvalue weighted by molar-refractivity contribution is -0.148. The Morgan fingerprint density at radius 1 is 1.21 bits per heavy atom. The summed E-state index contributed by atoms with van der Waals surface area (Å²) in [5.74, 6) is 0.579. The van der Waals surface area contributed by atoms with Crippen molar-refractivity contribution in [3.05, 3.63) is 0 Å². The van der Waals surface area contributed by atoms with Crippen molar-refractivity contribution in [1.82, 2.24) is 4.90 Å². The predicted octanol–water partition coefficient (Wildman–Crippen LogP) is 1.92. The van der Waals surface area contributed by atoms with Gasteiger partial charge in [-0.2, -0.15) is 0 Å². The molecule has 2 atom stereocenters. The minimum Gasteiger partial charge on any atom is -0.373 e. The summed E-state index contributed by atoms with van der Waals surface area (Å²) in [6.07, 6.45) is 8.47. The highest BCUT2D eigenvalue weighted by atomic mass is 16.5. The fourth-order valence-corrected chi connectivity index (χ4v) is 3.20. The zero-order valence-electron chi connectivity index (χ0n) is 12.1. The molecule has 0 bridgehead atoms. The zero-order chi connectivity index (χ0) is 13.7. The molecule has 0 spiro atoms. The molecular weight excluding hydrogens is 240 g/mol. The lowest BCUT2D eigenvalue weighted by Crippen LogP contribution is -2.54. The summed E-state index contributed by atoms with van der Waals surface area (Å²) in [6.45, 7) is 3.88. The summed E-state index contributed by atoms with van der Waals surface area (Å²) in [5, 5.41) is 0. The van der Waals surface area contributed by atoms with Crippen LogP contribution in [0.25, 0.3) is 0 Å². The van der Waals surface area contributed by atoms with Gasteiger partial charge in [-0.25, -0.2) is 0 Å². The van der Waals surface area contributed by atoms with Crippen LogP contribution in [-0.2, 0) is 9.53 Å². The molecule has 2 rings (SSSR count). The predicted molar refractivity (Wildman–Crippen MR) is 75.8 cm³/mol. The molecule has 1 aliphatic heterocycles. The van der Waals surface area contributed by atoms with Crippen molar-refractivity contribution in [3.63, 3.8) is 0 Å². The number of rotatable bonds is 2. The minimum atomic E-state index is 0.0219. The first-order valence-electron chi connectivity index (χ1n) is 7.84. The average molecular weight is 268 g/mol. The van der Waals surface area contributed by atoms with Crippen molar-refractivity contribution in [1.29, 1.82) is 0 Å². The van der Waals surface area contributed by atoms with Gasteiger partial charge < -0.3 is 15.4 Å². The highest BCUT2D eigenvalue weighted by Crippen LogP contribution is 2.25. The van der Waals surface area contributed by atoms with Crippen molar-refractivity contribution < 1.29 is 9.53 Å². The minimum absolute atomic E-state index is 0.0219. The molecule has 110 valence electrons. The van der Waals surface area contributed by atoms with Gasteiger partial charge in [0.05, 0.1) is 18.8 Å². The Bertz CT molecular complexity index is 288. The van der Waals surface area contributed by atoms with Crippen LogP contribution in [0.5, 0.6) is 0 Å². The van der Waals surface area contributed by atoms with E-state index in [1.165, 1.54) is 32.1 Å². The molecule has 2 fully saturated rings. The van der Waals surface area contributed by atoms with Gasteiger partial charge in [-0.15, -0.1) is 0 Å². The van der Waals surface area contributed by atoms with Crippen LogP contribution in [0, 0.1) is 5.92 Å². The summed E-state index contributed by atoms with van der Waals surface area (Å²) in [6, 6.07) is 0.195. The molecule has 1 heterocycles. The molecule has 2 unspecified atom stereocenters. The number of amides is 1. The van der Waals surface area contributed by atoms with Crippen LogP contribution in [0.15, 0.2) is 0 Å². The Morgan fingerprint density at radius 3 is 2.47 bits per heavy atom.